The molecular weight excluding hydrogens is 298 g/mol. The zero-order valence-corrected chi connectivity index (χ0v) is 12.1. The maximum absolute atomic E-state index is 11.9. The van der Waals surface area contributed by atoms with Crippen molar-refractivity contribution >= 4 is 27.8 Å². The number of carbonyl (C=O) groups is 2. The monoisotopic (exact) mass is 313 g/mol. The number of aliphatic carboxylic acids is 1. The minimum Gasteiger partial charge on any atom is -0.480 e. The summed E-state index contributed by atoms with van der Waals surface area (Å²) in [7, 11) is 1.44. The number of hydrogen-bond acceptors (Lipinski definition) is 2. The van der Waals surface area contributed by atoms with Crippen LogP contribution in [0.2, 0.25) is 0 Å². The molecule has 5 heteroatoms. The zero-order chi connectivity index (χ0) is 13.9. The lowest BCUT2D eigenvalue weighted by Gasteiger charge is -2.29. The van der Waals surface area contributed by atoms with Crippen molar-refractivity contribution in [2.45, 2.75) is 19.8 Å². The van der Waals surface area contributed by atoms with Crippen molar-refractivity contribution in [3.63, 3.8) is 0 Å². The maximum Gasteiger partial charge on any atom is 0.319 e. The molecule has 1 aromatic rings. The highest BCUT2D eigenvalue weighted by molar-refractivity contribution is 9.10. The number of hydrogen-bond donors (Lipinski definition) is 2. The Hall–Kier alpha value is -1.36. The van der Waals surface area contributed by atoms with Crippen LogP contribution in [0.5, 0.6) is 0 Å². The van der Waals surface area contributed by atoms with E-state index in [0.29, 0.717) is 0 Å². The predicted octanol–water partition coefficient (Wildman–Crippen LogP) is 2.39. The first-order valence-electron chi connectivity index (χ1n) is 5.55. The molecule has 2 N–H and O–H groups in total. The standard InChI is InChI=1S/C13H16BrNO3/c1-8(9-4-6-10(14)7-5-9)13(2,12(17)18)11(16)15-3/h4-8H,1-3H3,(H,15,16)(H,17,18). The van der Waals surface area contributed by atoms with Gasteiger partial charge < -0.3 is 10.4 Å². The minimum atomic E-state index is -1.48. The highest BCUT2D eigenvalue weighted by atomic mass is 79.9. The number of carbonyl (C=O) groups excluding carboxylic acids is 1. The maximum atomic E-state index is 11.9. The molecule has 0 aromatic heterocycles. The molecule has 0 fully saturated rings. The molecule has 1 amide bonds. The van der Waals surface area contributed by atoms with E-state index in [1.165, 1.54) is 14.0 Å². The van der Waals surface area contributed by atoms with Crippen molar-refractivity contribution in [3.05, 3.63) is 34.3 Å². The van der Waals surface area contributed by atoms with Gasteiger partial charge in [-0.25, -0.2) is 0 Å². The van der Waals surface area contributed by atoms with Gasteiger partial charge in [-0.05, 0) is 24.6 Å². The van der Waals surface area contributed by atoms with Crippen molar-refractivity contribution in [1.29, 1.82) is 0 Å². The molecule has 0 bridgehead atoms. The van der Waals surface area contributed by atoms with Crippen molar-refractivity contribution in [2.75, 3.05) is 7.05 Å². The Morgan fingerprint density at radius 2 is 1.83 bits per heavy atom. The second kappa shape index (κ2) is 5.52. The highest BCUT2D eigenvalue weighted by Crippen LogP contribution is 2.36. The average molecular weight is 314 g/mol. The molecule has 18 heavy (non-hydrogen) atoms. The normalized spacial score (nSPS) is 15.6. The molecule has 1 rings (SSSR count). The molecule has 2 atom stereocenters. The summed E-state index contributed by atoms with van der Waals surface area (Å²) >= 11 is 3.32. The van der Waals surface area contributed by atoms with E-state index >= 15 is 0 Å². The van der Waals surface area contributed by atoms with E-state index in [1.54, 1.807) is 6.92 Å². The summed E-state index contributed by atoms with van der Waals surface area (Å²) in [6.07, 6.45) is 0. The summed E-state index contributed by atoms with van der Waals surface area (Å²) in [5, 5.41) is 11.8. The van der Waals surface area contributed by atoms with Crippen LogP contribution in [0.25, 0.3) is 0 Å². The van der Waals surface area contributed by atoms with Gasteiger partial charge >= 0.3 is 5.97 Å². The van der Waals surface area contributed by atoms with Gasteiger partial charge in [0.15, 0.2) is 0 Å². The molecule has 0 aliphatic carbocycles. The van der Waals surface area contributed by atoms with Crippen molar-refractivity contribution in [2.24, 2.45) is 5.41 Å². The van der Waals surface area contributed by atoms with Crippen LogP contribution in [0.15, 0.2) is 28.7 Å². The molecular formula is C13H16BrNO3. The second-order valence-electron chi connectivity index (χ2n) is 4.36. The van der Waals surface area contributed by atoms with E-state index in [9.17, 15) is 14.7 Å². The summed E-state index contributed by atoms with van der Waals surface area (Å²) < 4.78 is 0.912. The Morgan fingerprint density at radius 3 is 2.22 bits per heavy atom. The molecule has 0 aliphatic heterocycles. The van der Waals surface area contributed by atoms with Gasteiger partial charge in [-0.15, -0.1) is 0 Å². The van der Waals surface area contributed by atoms with Gasteiger partial charge in [-0.3, -0.25) is 9.59 Å². The van der Waals surface area contributed by atoms with E-state index in [0.717, 1.165) is 10.0 Å². The molecule has 0 heterocycles. The zero-order valence-electron chi connectivity index (χ0n) is 10.5. The molecule has 0 saturated carbocycles. The minimum absolute atomic E-state index is 0.428. The fourth-order valence-electron chi connectivity index (χ4n) is 1.82. The Kier molecular flexibility index (Phi) is 4.51. The summed E-state index contributed by atoms with van der Waals surface area (Å²) in [5.41, 5.74) is -0.672. The fraction of sp³-hybridized carbons (Fsp3) is 0.385. The number of halogens is 1. The third kappa shape index (κ3) is 2.56. The number of carboxylic acid groups (broad SMARTS) is 1. The number of rotatable bonds is 4. The van der Waals surface area contributed by atoms with Crippen LogP contribution in [0.1, 0.15) is 25.3 Å². The molecule has 0 saturated heterocycles. The van der Waals surface area contributed by atoms with E-state index in [-0.39, 0.29) is 0 Å². The van der Waals surface area contributed by atoms with Crippen LogP contribution in [0.3, 0.4) is 0 Å². The number of carboxylic acids is 1. The molecule has 4 nitrogen and oxygen atoms in total. The first kappa shape index (κ1) is 14.7. The first-order valence-corrected chi connectivity index (χ1v) is 6.34. The SMILES string of the molecule is CNC(=O)C(C)(C(=O)O)C(C)c1ccc(Br)cc1. The van der Waals surface area contributed by atoms with Crippen molar-refractivity contribution in [3.8, 4) is 0 Å². The smallest absolute Gasteiger partial charge is 0.319 e. The third-order valence-corrected chi connectivity index (χ3v) is 3.91. The predicted molar refractivity (Wildman–Crippen MR) is 72.4 cm³/mol. The van der Waals surface area contributed by atoms with Crippen LogP contribution in [0.4, 0.5) is 0 Å². The molecule has 1 aromatic carbocycles. The van der Waals surface area contributed by atoms with Gasteiger partial charge in [0, 0.05) is 17.4 Å². The van der Waals surface area contributed by atoms with Crippen LogP contribution in [-0.4, -0.2) is 24.0 Å². The van der Waals surface area contributed by atoms with E-state index in [4.69, 9.17) is 0 Å². The van der Waals surface area contributed by atoms with Crippen LogP contribution >= 0.6 is 15.9 Å². The Morgan fingerprint density at radius 1 is 1.33 bits per heavy atom. The van der Waals surface area contributed by atoms with Crippen molar-refractivity contribution in [1.82, 2.24) is 5.32 Å². The van der Waals surface area contributed by atoms with Gasteiger partial charge in [0.25, 0.3) is 0 Å². The quantitative estimate of drug-likeness (QED) is 0.839. The van der Waals surface area contributed by atoms with E-state index in [1.807, 2.05) is 24.3 Å². The van der Waals surface area contributed by atoms with E-state index < -0.39 is 23.2 Å². The first-order chi connectivity index (χ1) is 8.33. The summed E-state index contributed by atoms with van der Waals surface area (Å²) in [6, 6.07) is 7.30. The topological polar surface area (TPSA) is 66.4 Å². The summed E-state index contributed by atoms with van der Waals surface area (Å²) in [6.45, 7) is 3.19. The fourth-order valence-corrected chi connectivity index (χ4v) is 2.09. The van der Waals surface area contributed by atoms with Gasteiger partial charge in [0.05, 0.1) is 0 Å². The van der Waals surface area contributed by atoms with E-state index in [2.05, 4.69) is 21.2 Å². The molecule has 0 radical (unpaired) electrons. The second-order valence-corrected chi connectivity index (χ2v) is 5.28. The van der Waals surface area contributed by atoms with Gasteiger partial charge in [-0.2, -0.15) is 0 Å². The molecule has 0 spiro atoms. The number of nitrogens with one attached hydrogen (secondary N) is 1. The van der Waals surface area contributed by atoms with Crippen LogP contribution in [0, 0.1) is 5.41 Å². The lowest BCUT2D eigenvalue weighted by Crippen LogP contribution is -2.46. The highest BCUT2D eigenvalue weighted by Gasteiger charge is 2.46. The summed E-state index contributed by atoms with van der Waals surface area (Å²) in [5.74, 6) is -2.05. The van der Waals surface area contributed by atoms with Crippen molar-refractivity contribution < 1.29 is 14.7 Å². The molecule has 98 valence electrons. The number of amides is 1. The Bertz CT molecular complexity index is 458. The Labute approximate surface area is 115 Å². The lowest BCUT2D eigenvalue weighted by molar-refractivity contribution is -0.155. The number of benzene rings is 1. The van der Waals surface area contributed by atoms with Crippen LogP contribution < -0.4 is 5.32 Å². The molecule has 0 aliphatic rings. The molecule has 2 unspecified atom stereocenters. The Balaban J connectivity index is 3.18. The van der Waals surface area contributed by atoms with Gasteiger partial charge in [-0.1, -0.05) is 35.0 Å². The van der Waals surface area contributed by atoms with Gasteiger partial charge in [0.2, 0.25) is 5.91 Å². The summed E-state index contributed by atoms with van der Waals surface area (Å²) in [4.78, 5) is 23.3. The van der Waals surface area contributed by atoms with Crippen LogP contribution in [-0.2, 0) is 9.59 Å². The average Bonchev–Trinajstić information content (AvgIpc) is 2.36. The lowest BCUT2D eigenvalue weighted by atomic mass is 9.73. The third-order valence-electron chi connectivity index (χ3n) is 3.38. The largest absolute Gasteiger partial charge is 0.480 e. The van der Waals surface area contributed by atoms with Gasteiger partial charge in [0.1, 0.15) is 5.41 Å².